The van der Waals surface area contributed by atoms with Crippen molar-refractivity contribution in [3.8, 4) is 0 Å². The minimum atomic E-state index is 0.430. The lowest BCUT2D eigenvalue weighted by atomic mass is 9.98. The number of benzene rings is 1. The predicted molar refractivity (Wildman–Crippen MR) is 87.6 cm³/mol. The number of aromatic nitrogens is 1. The zero-order chi connectivity index (χ0) is 14.5. The third kappa shape index (κ3) is 3.53. The van der Waals surface area contributed by atoms with Crippen molar-refractivity contribution in [2.45, 2.75) is 51.7 Å². The van der Waals surface area contributed by atoms with Crippen LogP contribution in [0.1, 0.15) is 44.6 Å². The number of hydrogen-bond acceptors (Lipinski definition) is 3. The molecular formula is C18H24N2O. The first kappa shape index (κ1) is 14.3. The van der Waals surface area contributed by atoms with Crippen molar-refractivity contribution in [1.29, 1.82) is 0 Å². The molecule has 1 aliphatic rings. The zero-order valence-corrected chi connectivity index (χ0v) is 12.8. The number of ether oxygens (including phenoxy) is 1. The maximum Gasteiger partial charge on any atom is 0.132 e. The van der Waals surface area contributed by atoms with Gasteiger partial charge in [-0.05, 0) is 31.9 Å². The molecule has 0 radical (unpaired) electrons. The molecule has 1 saturated carbocycles. The third-order valence-corrected chi connectivity index (χ3v) is 4.17. The van der Waals surface area contributed by atoms with Crippen molar-refractivity contribution in [1.82, 2.24) is 4.98 Å². The van der Waals surface area contributed by atoms with E-state index in [2.05, 4.69) is 36.5 Å². The van der Waals surface area contributed by atoms with Crippen molar-refractivity contribution >= 4 is 16.7 Å². The van der Waals surface area contributed by atoms with Crippen molar-refractivity contribution in [3.63, 3.8) is 0 Å². The van der Waals surface area contributed by atoms with E-state index in [1.165, 1.54) is 43.1 Å². The Labute approximate surface area is 126 Å². The summed E-state index contributed by atoms with van der Waals surface area (Å²) < 4.78 is 6.12. The summed E-state index contributed by atoms with van der Waals surface area (Å²) in [5.41, 5.74) is 2.20. The molecular weight excluding hydrogens is 260 g/mol. The van der Waals surface area contributed by atoms with Crippen LogP contribution in [0.5, 0.6) is 0 Å². The van der Waals surface area contributed by atoms with Gasteiger partial charge in [0, 0.05) is 17.5 Å². The van der Waals surface area contributed by atoms with E-state index in [0.29, 0.717) is 12.7 Å². The molecule has 0 unspecified atom stereocenters. The van der Waals surface area contributed by atoms with Gasteiger partial charge in [-0.15, -0.1) is 0 Å². The number of anilines is 1. The van der Waals surface area contributed by atoms with Gasteiger partial charge < -0.3 is 10.1 Å². The molecule has 0 saturated heterocycles. The van der Waals surface area contributed by atoms with E-state index >= 15 is 0 Å². The van der Waals surface area contributed by atoms with Gasteiger partial charge in [-0.2, -0.15) is 0 Å². The second-order valence-corrected chi connectivity index (χ2v) is 5.79. The smallest absolute Gasteiger partial charge is 0.132 e. The average Bonchev–Trinajstić information content (AvgIpc) is 2.54. The first-order chi connectivity index (χ1) is 10.4. The molecule has 0 aliphatic heterocycles. The van der Waals surface area contributed by atoms with E-state index in [0.717, 1.165) is 17.9 Å². The van der Waals surface area contributed by atoms with Crippen molar-refractivity contribution in [2.24, 2.45) is 0 Å². The Kier molecular flexibility index (Phi) is 4.71. The lowest BCUT2D eigenvalue weighted by Crippen LogP contribution is -2.17. The molecule has 3 heteroatoms. The topological polar surface area (TPSA) is 34.2 Å². The monoisotopic (exact) mass is 284 g/mol. The first-order valence-electron chi connectivity index (χ1n) is 8.11. The molecule has 112 valence electrons. The van der Waals surface area contributed by atoms with E-state index < -0.39 is 0 Å². The molecule has 0 bridgehead atoms. The van der Waals surface area contributed by atoms with Crippen LogP contribution in [-0.2, 0) is 11.3 Å². The molecule has 1 fully saturated rings. The van der Waals surface area contributed by atoms with Crippen molar-refractivity contribution < 1.29 is 4.74 Å². The van der Waals surface area contributed by atoms with Crippen LogP contribution < -0.4 is 5.32 Å². The molecule has 1 aromatic heterocycles. The Morgan fingerprint density at radius 2 is 2.00 bits per heavy atom. The standard InChI is InChI=1S/C18H24N2O/c1-2-19-18-15(13-21-16-9-4-3-5-10-16)12-14-8-6-7-11-17(14)20-18/h6-8,11-12,16H,2-5,9-10,13H2,1H3,(H,19,20). The molecule has 21 heavy (non-hydrogen) atoms. The summed E-state index contributed by atoms with van der Waals surface area (Å²) in [6.45, 7) is 3.63. The summed E-state index contributed by atoms with van der Waals surface area (Å²) >= 11 is 0. The van der Waals surface area contributed by atoms with Gasteiger partial charge in [-0.25, -0.2) is 4.98 Å². The molecule has 1 aliphatic carbocycles. The molecule has 0 amide bonds. The van der Waals surface area contributed by atoms with Gasteiger partial charge in [0.25, 0.3) is 0 Å². The van der Waals surface area contributed by atoms with Gasteiger partial charge in [0.15, 0.2) is 0 Å². The number of rotatable bonds is 5. The lowest BCUT2D eigenvalue weighted by Gasteiger charge is -2.22. The van der Waals surface area contributed by atoms with E-state index in [-0.39, 0.29) is 0 Å². The van der Waals surface area contributed by atoms with Gasteiger partial charge in [0.05, 0.1) is 18.2 Å². The molecule has 2 aromatic rings. The number of nitrogens with one attached hydrogen (secondary N) is 1. The summed E-state index contributed by atoms with van der Waals surface area (Å²) in [6.07, 6.45) is 6.82. The van der Waals surface area contributed by atoms with Crippen molar-refractivity contribution in [2.75, 3.05) is 11.9 Å². The molecule has 1 N–H and O–H groups in total. The second-order valence-electron chi connectivity index (χ2n) is 5.79. The first-order valence-corrected chi connectivity index (χ1v) is 8.11. The minimum absolute atomic E-state index is 0.430. The summed E-state index contributed by atoms with van der Waals surface area (Å²) in [4.78, 5) is 4.74. The quantitative estimate of drug-likeness (QED) is 0.876. The Hall–Kier alpha value is -1.61. The molecule has 0 atom stereocenters. The lowest BCUT2D eigenvalue weighted by molar-refractivity contribution is 0.0171. The molecule has 1 aromatic carbocycles. The fourth-order valence-corrected chi connectivity index (χ4v) is 3.03. The molecule has 0 spiro atoms. The highest BCUT2D eigenvalue weighted by molar-refractivity contribution is 5.81. The van der Waals surface area contributed by atoms with Crippen LogP contribution in [0, 0.1) is 0 Å². The Bertz CT molecular complexity index is 591. The highest BCUT2D eigenvalue weighted by Crippen LogP contribution is 2.25. The summed E-state index contributed by atoms with van der Waals surface area (Å²) in [5, 5.41) is 4.55. The third-order valence-electron chi connectivity index (χ3n) is 4.17. The average molecular weight is 284 g/mol. The largest absolute Gasteiger partial charge is 0.373 e. The van der Waals surface area contributed by atoms with Crippen LogP contribution in [0.3, 0.4) is 0 Å². The van der Waals surface area contributed by atoms with Crippen LogP contribution in [0.2, 0.25) is 0 Å². The highest BCUT2D eigenvalue weighted by Gasteiger charge is 2.15. The van der Waals surface area contributed by atoms with E-state index in [4.69, 9.17) is 9.72 Å². The zero-order valence-electron chi connectivity index (χ0n) is 12.8. The fraction of sp³-hybridized carbons (Fsp3) is 0.500. The normalized spacial score (nSPS) is 16.2. The molecule has 3 nitrogen and oxygen atoms in total. The molecule has 1 heterocycles. The van der Waals surface area contributed by atoms with Gasteiger partial charge in [-0.1, -0.05) is 37.5 Å². The van der Waals surface area contributed by atoms with E-state index in [1.54, 1.807) is 0 Å². The van der Waals surface area contributed by atoms with Crippen LogP contribution in [0.4, 0.5) is 5.82 Å². The fourth-order valence-electron chi connectivity index (χ4n) is 3.03. The highest BCUT2D eigenvalue weighted by atomic mass is 16.5. The predicted octanol–water partition coefficient (Wildman–Crippen LogP) is 4.52. The van der Waals surface area contributed by atoms with Gasteiger partial charge >= 0.3 is 0 Å². The number of hydrogen-bond donors (Lipinski definition) is 1. The molecule has 3 rings (SSSR count). The van der Waals surface area contributed by atoms with Gasteiger partial charge in [-0.3, -0.25) is 0 Å². The number of fused-ring (bicyclic) bond motifs is 1. The Morgan fingerprint density at radius 3 is 2.81 bits per heavy atom. The van der Waals surface area contributed by atoms with Crippen molar-refractivity contribution in [3.05, 3.63) is 35.9 Å². The number of pyridine rings is 1. The van der Waals surface area contributed by atoms with Crippen LogP contribution in [-0.4, -0.2) is 17.6 Å². The number of para-hydroxylation sites is 1. The minimum Gasteiger partial charge on any atom is -0.373 e. The van der Waals surface area contributed by atoms with E-state index in [9.17, 15) is 0 Å². The van der Waals surface area contributed by atoms with Crippen LogP contribution in [0.15, 0.2) is 30.3 Å². The maximum atomic E-state index is 6.12. The summed E-state index contributed by atoms with van der Waals surface area (Å²) in [5.74, 6) is 0.965. The summed E-state index contributed by atoms with van der Waals surface area (Å²) in [6, 6.07) is 10.5. The van der Waals surface area contributed by atoms with E-state index in [1.807, 2.05) is 6.07 Å². The van der Waals surface area contributed by atoms with Crippen LogP contribution >= 0.6 is 0 Å². The SMILES string of the molecule is CCNc1nc2ccccc2cc1COC1CCCCC1. The maximum absolute atomic E-state index is 6.12. The summed E-state index contributed by atoms with van der Waals surface area (Å²) in [7, 11) is 0. The van der Waals surface area contributed by atoms with Gasteiger partial charge in [0.2, 0.25) is 0 Å². The van der Waals surface area contributed by atoms with Gasteiger partial charge in [0.1, 0.15) is 5.82 Å². The number of nitrogens with zero attached hydrogens (tertiary/aromatic N) is 1. The second kappa shape index (κ2) is 6.90. The Balaban J connectivity index is 1.79. The van der Waals surface area contributed by atoms with Crippen LogP contribution in [0.25, 0.3) is 10.9 Å². The Morgan fingerprint density at radius 1 is 1.19 bits per heavy atom.